The monoisotopic (exact) mass is 357 g/mol. The molecule has 26 heavy (non-hydrogen) atoms. The highest BCUT2D eigenvalue weighted by Crippen LogP contribution is 2.38. The summed E-state index contributed by atoms with van der Waals surface area (Å²) < 4.78 is 16.4. The molecule has 0 aliphatic heterocycles. The van der Waals surface area contributed by atoms with Crippen molar-refractivity contribution in [3.63, 3.8) is 0 Å². The van der Waals surface area contributed by atoms with Gasteiger partial charge < -0.3 is 25.3 Å². The van der Waals surface area contributed by atoms with Gasteiger partial charge in [-0.2, -0.15) is 0 Å². The number of nitrogens with zero attached hydrogens (tertiary/aromatic N) is 1. The van der Waals surface area contributed by atoms with Gasteiger partial charge >= 0.3 is 0 Å². The molecule has 0 aromatic heterocycles. The molecule has 0 bridgehead atoms. The molecule has 0 atom stereocenters. The van der Waals surface area contributed by atoms with Crippen LogP contribution in [0.1, 0.15) is 23.6 Å². The lowest BCUT2D eigenvalue weighted by molar-refractivity contribution is 0.288. The molecule has 0 amide bonds. The second-order valence-corrected chi connectivity index (χ2v) is 5.89. The van der Waals surface area contributed by atoms with Crippen LogP contribution in [0.25, 0.3) is 0 Å². The lowest BCUT2D eigenvalue weighted by atomic mass is 10.1. The molecule has 2 rings (SSSR count). The fourth-order valence-electron chi connectivity index (χ4n) is 2.50. The van der Waals surface area contributed by atoms with Crippen molar-refractivity contribution in [3.8, 4) is 17.2 Å². The molecule has 0 heterocycles. The van der Waals surface area contributed by atoms with E-state index >= 15 is 0 Å². The predicted molar refractivity (Wildman–Crippen MR) is 106 cm³/mol. The fourth-order valence-corrected chi connectivity index (χ4v) is 2.50. The van der Waals surface area contributed by atoms with E-state index in [9.17, 15) is 0 Å². The summed E-state index contributed by atoms with van der Waals surface area (Å²) in [6.07, 6.45) is 0. The van der Waals surface area contributed by atoms with Gasteiger partial charge in [-0.1, -0.05) is 6.07 Å². The van der Waals surface area contributed by atoms with Gasteiger partial charge in [-0.15, -0.1) is 0 Å². The van der Waals surface area contributed by atoms with Crippen LogP contribution in [0, 0.1) is 13.8 Å². The summed E-state index contributed by atoms with van der Waals surface area (Å²) >= 11 is 0. The van der Waals surface area contributed by atoms with Crippen LogP contribution in [-0.4, -0.2) is 26.8 Å². The van der Waals surface area contributed by atoms with Gasteiger partial charge in [0.1, 0.15) is 0 Å². The lowest BCUT2D eigenvalue weighted by Crippen LogP contribution is -2.22. The minimum absolute atomic E-state index is 0.347. The maximum Gasteiger partial charge on any atom is 0.203 e. The number of aliphatic imine (C=N–C) groups is 1. The Hall–Kier alpha value is -2.89. The number of ether oxygens (including phenoxy) is 3. The Kier molecular flexibility index (Phi) is 6.72. The number of methoxy groups -OCH3 is 2. The van der Waals surface area contributed by atoms with Crippen LogP contribution in [-0.2, 0) is 6.54 Å². The highest BCUT2D eigenvalue weighted by molar-refractivity contribution is 5.92. The molecule has 2 aromatic rings. The number of nitrogens with one attached hydrogen (secondary N) is 1. The first-order valence-electron chi connectivity index (χ1n) is 8.50. The zero-order valence-corrected chi connectivity index (χ0v) is 16.1. The molecular weight excluding hydrogens is 330 g/mol. The van der Waals surface area contributed by atoms with E-state index < -0.39 is 0 Å². The quantitative estimate of drug-likeness (QED) is 0.584. The number of benzene rings is 2. The summed E-state index contributed by atoms with van der Waals surface area (Å²) in [4.78, 5) is 4.40. The summed E-state index contributed by atoms with van der Waals surface area (Å²) in [5.41, 5.74) is 10.3. The maximum atomic E-state index is 6.01. The van der Waals surface area contributed by atoms with Crippen LogP contribution < -0.4 is 25.3 Å². The molecule has 0 saturated carbocycles. The van der Waals surface area contributed by atoms with Crippen LogP contribution in [0.3, 0.4) is 0 Å². The zero-order valence-electron chi connectivity index (χ0n) is 16.1. The van der Waals surface area contributed by atoms with Gasteiger partial charge in [0.15, 0.2) is 17.5 Å². The molecule has 0 aliphatic rings. The molecule has 0 radical (unpaired) electrons. The first-order valence-corrected chi connectivity index (χ1v) is 8.50. The smallest absolute Gasteiger partial charge is 0.203 e. The average Bonchev–Trinajstić information content (AvgIpc) is 2.63. The van der Waals surface area contributed by atoms with E-state index in [4.69, 9.17) is 19.9 Å². The fraction of sp³-hybridized carbons (Fsp3) is 0.350. The Morgan fingerprint density at radius 3 is 2.23 bits per heavy atom. The number of rotatable bonds is 7. The molecule has 6 heteroatoms. The van der Waals surface area contributed by atoms with E-state index in [0.29, 0.717) is 36.4 Å². The van der Waals surface area contributed by atoms with E-state index in [1.165, 1.54) is 11.1 Å². The Morgan fingerprint density at radius 1 is 1.04 bits per heavy atom. The Morgan fingerprint density at radius 2 is 1.69 bits per heavy atom. The van der Waals surface area contributed by atoms with Gasteiger partial charge in [-0.05, 0) is 61.7 Å². The maximum absolute atomic E-state index is 6.01. The normalized spacial score (nSPS) is 11.2. The van der Waals surface area contributed by atoms with Crippen molar-refractivity contribution in [1.82, 2.24) is 0 Å². The van der Waals surface area contributed by atoms with Crippen LogP contribution in [0.15, 0.2) is 35.3 Å². The minimum Gasteiger partial charge on any atom is -0.493 e. The van der Waals surface area contributed by atoms with Gasteiger partial charge in [-0.25, -0.2) is 4.99 Å². The van der Waals surface area contributed by atoms with Crippen molar-refractivity contribution in [2.75, 3.05) is 26.1 Å². The van der Waals surface area contributed by atoms with Crippen LogP contribution in [0.4, 0.5) is 5.69 Å². The predicted octanol–water partition coefficient (Wildman–Crippen LogP) is 3.65. The van der Waals surface area contributed by atoms with Crippen molar-refractivity contribution in [3.05, 3.63) is 47.0 Å². The van der Waals surface area contributed by atoms with E-state index in [0.717, 1.165) is 11.3 Å². The molecule has 0 spiro atoms. The number of hydrogen-bond acceptors (Lipinski definition) is 4. The van der Waals surface area contributed by atoms with E-state index in [2.05, 4.69) is 24.2 Å². The third-order valence-corrected chi connectivity index (χ3v) is 4.02. The molecule has 6 nitrogen and oxygen atoms in total. The third kappa shape index (κ3) is 4.81. The van der Waals surface area contributed by atoms with Crippen LogP contribution >= 0.6 is 0 Å². The molecule has 140 valence electrons. The van der Waals surface area contributed by atoms with Crippen molar-refractivity contribution in [2.45, 2.75) is 27.3 Å². The third-order valence-electron chi connectivity index (χ3n) is 4.02. The number of anilines is 1. The zero-order chi connectivity index (χ0) is 19.1. The summed E-state index contributed by atoms with van der Waals surface area (Å²) in [5, 5.41) is 3.11. The molecule has 0 unspecified atom stereocenters. The minimum atomic E-state index is 0.347. The van der Waals surface area contributed by atoms with Crippen molar-refractivity contribution < 1.29 is 14.2 Å². The van der Waals surface area contributed by atoms with Crippen molar-refractivity contribution >= 4 is 11.6 Å². The number of hydrogen-bond donors (Lipinski definition) is 2. The first-order chi connectivity index (χ1) is 12.5. The van der Waals surface area contributed by atoms with Gasteiger partial charge in [0.2, 0.25) is 5.75 Å². The summed E-state index contributed by atoms with van der Waals surface area (Å²) in [5.74, 6) is 2.15. The molecule has 3 N–H and O–H groups in total. The Balaban J connectivity index is 2.16. The summed E-state index contributed by atoms with van der Waals surface area (Å²) in [6, 6.07) is 9.82. The molecule has 0 aliphatic carbocycles. The van der Waals surface area contributed by atoms with Crippen LogP contribution in [0.5, 0.6) is 17.2 Å². The van der Waals surface area contributed by atoms with Crippen molar-refractivity contribution in [1.29, 1.82) is 0 Å². The standard InChI is InChI=1S/C20H27N3O3/c1-6-26-19-17(24-4)10-15(11-18(19)25-5)12-22-20(21)23-16-8-7-13(2)14(3)9-16/h7-11H,6,12H2,1-5H3,(H3,21,22,23). The highest BCUT2D eigenvalue weighted by Gasteiger charge is 2.13. The van der Waals surface area contributed by atoms with Gasteiger partial charge in [0.25, 0.3) is 0 Å². The van der Waals surface area contributed by atoms with E-state index in [1.807, 2.05) is 37.3 Å². The topological polar surface area (TPSA) is 78.1 Å². The van der Waals surface area contributed by atoms with Gasteiger partial charge in [0, 0.05) is 5.69 Å². The molecule has 0 fully saturated rings. The van der Waals surface area contributed by atoms with E-state index in [1.54, 1.807) is 14.2 Å². The molecular formula is C20H27N3O3. The number of nitrogens with two attached hydrogens (primary N) is 1. The number of guanidine groups is 1. The van der Waals surface area contributed by atoms with Gasteiger partial charge in [-0.3, -0.25) is 0 Å². The Bertz CT molecular complexity index is 763. The van der Waals surface area contributed by atoms with Gasteiger partial charge in [0.05, 0.1) is 27.4 Å². The summed E-state index contributed by atoms with van der Waals surface area (Å²) in [6.45, 7) is 6.96. The average molecular weight is 357 g/mol. The second kappa shape index (κ2) is 8.99. The van der Waals surface area contributed by atoms with E-state index in [-0.39, 0.29) is 0 Å². The molecule has 2 aromatic carbocycles. The van der Waals surface area contributed by atoms with Crippen molar-refractivity contribution in [2.24, 2.45) is 10.7 Å². The second-order valence-electron chi connectivity index (χ2n) is 5.89. The largest absolute Gasteiger partial charge is 0.493 e. The number of aryl methyl sites for hydroxylation is 2. The highest BCUT2D eigenvalue weighted by atomic mass is 16.5. The lowest BCUT2D eigenvalue weighted by Gasteiger charge is -2.15. The Labute approximate surface area is 155 Å². The summed E-state index contributed by atoms with van der Waals surface area (Å²) in [7, 11) is 3.19. The SMILES string of the molecule is CCOc1c(OC)cc(CN=C(N)Nc2ccc(C)c(C)c2)cc1OC. The molecule has 0 saturated heterocycles. The van der Waals surface area contributed by atoms with Crippen LogP contribution in [0.2, 0.25) is 0 Å². The first kappa shape index (κ1) is 19.4.